The molecule has 9 heteroatoms. The maximum atomic E-state index is 13.5. The van der Waals surface area contributed by atoms with Crippen molar-refractivity contribution in [2.24, 2.45) is 0 Å². The van der Waals surface area contributed by atoms with E-state index in [0.29, 0.717) is 0 Å². The van der Waals surface area contributed by atoms with Crippen LogP contribution in [-0.2, 0) is 9.53 Å². The summed E-state index contributed by atoms with van der Waals surface area (Å²) in [6.07, 6.45) is 5.28. The third-order valence-corrected chi connectivity index (χ3v) is 7.11. The van der Waals surface area contributed by atoms with Crippen LogP contribution in [0.25, 0.3) is 0 Å². The summed E-state index contributed by atoms with van der Waals surface area (Å²) in [6.45, 7) is 2.45. The molecule has 2 aromatic rings. The lowest BCUT2D eigenvalue weighted by Crippen LogP contribution is -2.48. The van der Waals surface area contributed by atoms with Crippen molar-refractivity contribution in [2.75, 3.05) is 20.3 Å². The van der Waals surface area contributed by atoms with Crippen LogP contribution in [0.3, 0.4) is 0 Å². The first kappa shape index (κ1) is 24.0. The fourth-order valence-corrected chi connectivity index (χ4v) is 4.80. The number of amides is 2. The van der Waals surface area contributed by atoms with Crippen LogP contribution in [0.5, 0.6) is 0 Å². The van der Waals surface area contributed by atoms with E-state index in [4.69, 9.17) is 27.9 Å². The Morgan fingerprint density at radius 1 is 1.23 bits per heavy atom. The zero-order valence-electron chi connectivity index (χ0n) is 17.7. The van der Waals surface area contributed by atoms with Crippen molar-refractivity contribution in [3.63, 3.8) is 0 Å². The Bertz CT molecular complexity index is 898. The molecule has 1 aliphatic rings. The van der Waals surface area contributed by atoms with Crippen molar-refractivity contribution in [1.29, 1.82) is 0 Å². The predicted octanol–water partition coefficient (Wildman–Crippen LogP) is 5.04. The average molecular weight is 484 g/mol. The molecule has 0 aliphatic heterocycles. The van der Waals surface area contributed by atoms with Crippen LogP contribution < -0.4 is 5.32 Å². The number of halogens is 2. The summed E-state index contributed by atoms with van der Waals surface area (Å²) in [6, 6.07) is 6.91. The molecule has 1 fully saturated rings. The molecule has 1 aromatic carbocycles. The summed E-state index contributed by atoms with van der Waals surface area (Å²) in [5, 5.41) is 3.27. The summed E-state index contributed by atoms with van der Waals surface area (Å²) in [4.78, 5) is 28.4. The van der Waals surface area contributed by atoms with Crippen molar-refractivity contribution in [3.05, 3.63) is 50.4 Å². The first-order chi connectivity index (χ1) is 14.9. The molecule has 31 heavy (non-hydrogen) atoms. The molecule has 6 nitrogen and oxygen atoms in total. The SMILES string of the molecule is COCCN(C(=O)c1nsc(Cl)c1Cl)[C@H](C(=O)NC1CCCCC1)c1ccc(C)cc1. The van der Waals surface area contributed by atoms with Crippen molar-refractivity contribution >= 4 is 46.5 Å². The fraction of sp³-hybridized carbons (Fsp3) is 0.500. The van der Waals surface area contributed by atoms with E-state index in [1.54, 1.807) is 7.11 Å². The number of benzene rings is 1. The zero-order valence-corrected chi connectivity index (χ0v) is 20.0. The van der Waals surface area contributed by atoms with E-state index in [1.165, 1.54) is 11.3 Å². The Balaban J connectivity index is 1.97. The molecule has 2 amide bonds. The van der Waals surface area contributed by atoms with Gasteiger partial charge in [0.15, 0.2) is 5.69 Å². The average Bonchev–Trinajstić information content (AvgIpc) is 3.10. The highest BCUT2D eigenvalue weighted by Crippen LogP contribution is 2.32. The number of hydrogen-bond acceptors (Lipinski definition) is 5. The highest BCUT2D eigenvalue weighted by atomic mass is 35.5. The molecule has 0 spiro atoms. The molecule has 1 atom stereocenters. The van der Waals surface area contributed by atoms with Gasteiger partial charge in [-0.3, -0.25) is 9.59 Å². The minimum Gasteiger partial charge on any atom is -0.383 e. The molecule has 168 valence electrons. The Hall–Kier alpha value is -1.67. The molecule has 1 aromatic heterocycles. The van der Waals surface area contributed by atoms with Crippen LogP contribution in [0.15, 0.2) is 24.3 Å². The van der Waals surface area contributed by atoms with Gasteiger partial charge in [-0.2, -0.15) is 4.37 Å². The first-order valence-electron chi connectivity index (χ1n) is 10.4. The minimum absolute atomic E-state index is 0.0512. The number of ether oxygens (including phenoxy) is 1. The number of nitrogens with one attached hydrogen (secondary N) is 1. The second-order valence-corrected chi connectivity index (χ2v) is 9.52. The predicted molar refractivity (Wildman–Crippen MR) is 124 cm³/mol. The Morgan fingerprint density at radius 2 is 1.90 bits per heavy atom. The van der Waals surface area contributed by atoms with E-state index >= 15 is 0 Å². The molecule has 0 unspecified atom stereocenters. The lowest BCUT2D eigenvalue weighted by Gasteiger charge is -2.33. The molecule has 0 saturated heterocycles. The van der Waals surface area contributed by atoms with Crippen molar-refractivity contribution in [1.82, 2.24) is 14.6 Å². The number of hydrogen-bond donors (Lipinski definition) is 1. The van der Waals surface area contributed by atoms with Gasteiger partial charge in [0.1, 0.15) is 15.4 Å². The number of aromatic nitrogens is 1. The van der Waals surface area contributed by atoms with Gasteiger partial charge >= 0.3 is 0 Å². The number of nitrogens with zero attached hydrogens (tertiary/aromatic N) is 2. The van der Waals surface area contributed by atoms with Gasteiger partial charge in [-0.1, -0.05) is 72.3 Å². The van der Waals surface area contributed by atoms with Crippen molar-refractivity contribution < 1.29 is 14.3 Å². The topological polar surface area (TPSA) is 71.5 Å². The van der Waals surface area contributed by atoms with E-state index in [2.05, 4.69) is 9.69 Å². The smallest absolute Gasteiger partial charge is 0.276 e. The highest BCUT2D eigenvalue weighted by Gasteiger charge is 2.35. The number of carbonyl (C=O) groups is 2. The Kier molecular flexibility index (Phi) is 8.72. The van der Waals surface area contributed by atoms with Crippen LogP contribution in [0, 0.1) is 6.92 Å². The lowest BCUT2D eigenvalue weighted by molar-refractivity contribution is -0.127. The second kappa shape index (κ2) is 11.3. The van der Waals surface area contributed by atoms with Gasteiger partial charge in [-0.05, 0) is 36.9 Å². The molecule has 3 rings (SSSR count). The highest BCUT2D eigenvalue weighted by molar-refractivity contribution is 7.11. The lowest BCUT2D eigenvalue weighted by atomic mass is 9.94. The molecular weight excluding hydrogens is 457 g/mol. The van der Waals surface area contributed by atoms with Crippen LogP contribution in [-0.4, -0.2) is 47.4 Å². The van der Waals surface area contributed by atoms with Crippen LogP contribution >= 0.6 is 34.7 Å². The van der Waals surface area contributed by atoms with Gasteiger partial charge in [-0.15, -0.1) is 0 Å². The summed E-state index contributed by atoms with van der Waals surface area (Å²) < 4.78 is 9.60. The molecule has 1 N–H and O–H groups in total. The van der Waals surface area contributed by atoms with Gasteiger partial charge in [0.25, 0.3) is 5.91 Å². The summed E-state index contributed by atoms with van der Waals surface area (Å²) >= 11 is 13.2. The van der Waals surface area contributed by atoms with E-state index in [1.807, 2.05) is 31.2 Å². The summed E-state index contributed by atoms with van der Waals surface area (Å²) in [7, 11) is 1.55. The molecule has 0 radical (unpaired) electrons. The molecule has 0 bridgehead atoms. The number of aryl methyl sites for hydroxylation is 1. The van der Waals surface area contributed by atoms with E-state index < -0.39 is 11.9 Å². The zero-order chi connectivity index (χ0) is 22.4. The first-order valence-corrected chi connectivity index (χ1v) is 11.9. The van der Waals surface area contributed by atoms with Crippen molar-refractivity contribution in [3.8, 4) is 0 Å². The van der Waals surface area contributed by atoms with E-state index in [-0.39, 0.29) is 40.2 Å². The third kappa shape index (κ3) is 5.98. The number of methoxy groups -OCH3 is 1. The molecule has 1 heterocycles. The number of carbonyl (C=O) groups excluding carboxylic acids is 2. The van der Waals surface area contributed by atoms with Crippen molar-refractivity contribution in [2.45, 2.75) is 51.1 Å². The Labute approximate surface area is 197 Å². The van der Waals surface area contributed by atoms with Crippen LogP contribution in [0.4, 0.5) is 0 Å². The normalized spacial score (nSPS) is 15.5. The van der Waals surface area contributed by atoms with Gasteiger partial charge < -0.3 is 15.0 Å². The van der Waals surface area contributed by atoms with Gasteiger partial charge in [0.2, 0.25) is 5.91 Å². The second-order valence-electron chi connectivity index (χ2n) is 7.77. The maximum Gasteiger partial charge on any atom is 0.276 e. The van der Waals surface area contributed by atoms with Crippen LogP contribution in [0.2, 0.25) is 9.36 Å². The quantitative estimate of drug-likeness (QED) is 0.570. The monoisotopic (exact) mass is 483 g/mol. The third-order valence-electron chi connectivity index (χ3n) is 5.50. The van der Waals surface area contributed by atoms with E-state index in [0.717, 1.165) is 48.3 Å². The molecular formula is C22H27Cl2N3O3S. The fourth-order valence-electron chi connectivity index (χ4n) is 3.81. The van der Waals surface area contributed by atoms with Crippen LogP contribution in [0.1, 0.15) is 59.8 Å². The van der Waals surface area contributed by atoms with Gasteiger partial charge in [0.05, 0.1) is 6.61 Å². The Morgan fingerprint density at radius 3 is 2.48 bits per heavy atom. The maximum absolute atomic E-state index is 13.5. The van der Waals surface area contributed by atoms with Gasteiger partial charge in [-0.25, -0.2) is 0 Å². The summed E-state index contributed by atoms with van der Waals surface area (Å²) in [5.41, 5.74) is 1.84. The molecule has 1 saturated carbocycles. The summed E-state index contributed by atoms with van der Waals surface area (Å²) in [5.74, 6) is -0.660. The standard InChI is InChI=1S/C22H27Cl2N3O3S/c1-14-8-10-15(11-9-14)19(21(28)25-16-6-4-3-5-7-16)27(12-13-30-2)22(29)18-17(23)20(24)31-26-18/h8-11,16,19H,3-7,12-13H2,1-2H3,(H,25,28)/t19-/m0/s1. The van der Waals surface area contributed by atoms with E-state index in [9.17, 15) is 9.59 Å². The molecule has 1 aliphatic carbocycles. The largest absolute Gasteiger partial charge is 0.383 e. The minimum atomic E-state index is -0.832. The van der Waals surface area contributed by atoms with Gasteiger partial charge in [0, 0.05) is 19.7 Å². The number of rotatable bonds is 8.